The van der Waals surface area contributed by atoms with Crippen LogP contribution < -0.4 is 0 Å². The van der Waals surface area contributed by atoms with Crippen molar-refractivity contribution in [1.82, 2.24) is 0 Å². The van der Waals surface area contributed by atoms with E-state index < -0.39 is 80.7 Å². The Balaban J connectivity index is 0.000000309. The van der Waals surface area contributed by atoms with Crippen molar-refractivity contribution in [2.45, 2.75) is 84.9 Å². The molecule has 1 aromatic carbocycles. The molecule has 0 saturated heterocycles. The van der Waals surface area contributed by atoms with Crippen molar-refractivity contribution in [3.05, 3.63) is 40.9 Å². The van der Waals surface area contributed by atoms with Crippen LogP contribution in [-0.2, 0) is 45.5 Å². The molecule has 12 nitrogen and oxygen atoms in total. The molecule has 22 heteroatoms. The third-order valence-electron chi connectivity index (χ3n) is 6.64. The molecule has 2 fully saturated rings. The van der Waals surface area contributed by atoms with E-state index in [1.807, 2.05) is 4.79 Å². The number of sulfone groups is 4. The fourth-order valence-electron chi connectivity index (χ4n) is 4.41. The summed E-state index contributed by atoms with van der Waals surface area (Å²) in [6.07, 6.45) is -1.22. The van der Waals surface area contributed by atoms with E-state index in [1.54, 1.807) is 0 Å². The number of benzene rings is 1. The second kappa shape index (κ2) is 13.2. The molecule has 0 amide bonds. The second-order valence-electron chi connectivity index (χ2n) is 9.46. The molecule has 2 saturated carbocycles. The summed E-state index contributed by atoms with van der Waals surface area (Å²) in [5.41, 5.74) is 10.5. The van der Waals surface area contributed by atoms with Gasteiger partial charge in [0.25, 0.3) is 29.5 Å². The van der Waals surface area contributed by atoms with Crippen LogP contribution in [0.3, 0.4) is 0 Å². The Morgan fingerprint density at radius 3 is 1.35 bits per heavy atom. The molecule has 2 aliphatic rings. The highest BCUT2D eigenvalue weighted by molar-refractivity contribution is 8.31. The van der Waals surface area contributed by atoms with Gasteiger partial charge in [0.1, 0.15) is 0 Å². The van der Waals surface area contributed by atoms with E-state index in [4.69, 9.17) is 11.1 Å². The van der Waals surface area contributed by atoms with E-state index in [-0.39, 0.29) is 25.7 Å². The van der Waals surface area contributed by atoms with Crippen LogP contribution in [0.1, 0.15) is 63.4 Å². The highest BCUT2D eigenvalue weighted by Crippen LogP contribution is 2.33. The first kappa shape index (κ1) is 36.6. The molecule has 0 aromatic heterocycles. The predicted octanol–water partition coefficient (Wildman–Crippen LogP) is 3.68. The maximum Gasteiger partial charge on any atom is 0.509 e. The average Bonchev–Trinajstić information content (AvgIpc) is 3.45. The van der Waals surface area contributed by atoms with E-state index in [1.165, 1.54) is 0 Å². The first-order valence-electron chi connectivity index (χ1n) is 12.2. The van der Waals surface area contributed by atoms with Crippen LogP contribution in [0.15, 0.2) is 29.2 Å². The Morgan fingerprint density at radius 1 is 0.628 bits per heavy atom. The Labute approximate surface area is 243 Å². The predicted molar refractivity (Wildman–Crippen MR) is 138 cm³/mol. The van der Waals surface area contributed by atoms with Crippen LogP contribution in [0.2, 0.25) is 0 Å². The first-order chi connectivity index (χ1) is 19.6. The highest BCUT2D eigenvalue weighted by atomic mass is 32.3. The SMILES string of the molecule is [N-]=[N+]=C(S(=O)(=O)C1CCCCC1)S(=O)(=O)C(F)(F)F.[N-]=[N+]=C(S(=O)(=O)c1ccc(C(F)(F)F)cc1)S(=O)(=O)C1CCCC1. The van der Waals surface area contributed by atoms with Gasteiger partial charge in [0.2, 0.25) is 0 Å². The minimum Gasteiger partial charge on any atom is -0.359 e. The minimum absolute atomic E-state index is 0.0503. The molecule has 0 N–H and O–H groups in total. The molecular formula is C21H24F6N4O8S4. The molecule has 242 valence electrons. The molecule has 0 unspecified atom stereocenters. The van der Waals surface area contributed by atoms with Crippen LogP contribution in [0, 0.1) is 0 Å². The highest BCUT2D eigenvalue weighted by Gasteiger charge is 2.61. The van der Waals surface area contributed by atoms with E-state index >= 15 is 0 Å². The van der Waals surface area contributed by atoms with Crippen molar-refractivity contribution >= 4 is 48.1 Å². The third-order valence-corrected chi connectivity index (χ3v) is 15.8. The normalized spacial score (nSPS) is 17.7. The summed E-state index contributed by atoms with van der Waals surface area (Å²) < 4.78 is 166. The topological polar surface area (TPSA) is 209 Å². The number of hydrogen-bond donors (Lipinski definition) is 0. The van der Waals surface area contributed by atoms with Gasteiger partial charge in [-0.15, -0.1) is 9.58 Å². The van der Waals surface area contributed by atoms with E-state index in [0.717, 1.165) is 6.42 Å². The van der Waals surface area contributed by atoms with Crippen molar-refractivity contribution in [1.29, 1.82) is 0 Å². The molecule has 0 spiro atoms. The van der Waals surface area contributed by atoms with E-state index in [9.17, 15) is 60.0 Å². The molecule has 2 aliphatic carbocycles. The molecule has 0 aliphatic heterocycles. The van der Waals surface area contributed by atoms with Crippen LogP contribution in [0.5, 0.6) is 0 Å². The number of nitrogens with zero attached hydrogens (tertiary/aromatic N) is 4. The van der Waals surface area contributed by atoms with Gasteiger partial charge in [-0.1, -0.05) is 32.1 Å². The van der Waals surface area contributed by atoms with Gasteiger partial charge in [-0.3, -0.25) is 0 Å². The summed E-state index contributed by atoms with van der Waals surface area (Å²) in [6, 6.07) is 2.30. The smallest absolute Gasteiger partial charge is 0.359 e. The molecular weight excluding hydrogens is 679 g/mol. The number of alkyl halides is 6. The molecule has 3 rings (SSSR count). The average molecular weight is 703 g/mol. The zero-order chi connectivity index (χ0) is 33.1. The van der Waals surface area contributed by atoms with Crippen molar-refractivity contribution in [2.75, 3.05) is 0 Å². The zero-order valence-corrected chi connectivity index (χ0v) is 25.0. The van der Waals surface area contributed by atoms with Crippen LogP contribution in [0.25, 0.3) is 11.1 Å². The summed E-state index contributed by atoms with van der Waals surface area (Å²) in [6.45, 7) is 0. The summed E-state index contributed by atoms with van der Waals surface area (Å²) in [5.74, 6) is 0. The lowest BCUT2D eigenvalue weighted by Crippen LogP contribution is -2.41. The van der Waals surface area contributed by atoms with Crippen LogP contribution in [0.4, 0.5) is 26.3 Å². The Hall–Kier alpha value is -2.64. The van der Waals surface area contributed by atoms with Gasteiger partial charge >= 0.3 is 30.3 Å². The Bertz CT molecular complexity index is 1730. The van der Waals surface area contributed by atoms with Gasteiger partial charge in [-0.05, 0) is 49.9 Å². The fourth-order valence-corrected chi connectivity index (χ4v) is 12.1. The van der Waals surface area contributed by atoms with E-state index in [0.29, 0.717) is 49.9 Å². The monoisotopic (exact) mass is 702 g/mol. The third kappa shape index (κ3) is 7.91. The lowest BCUT2D eigenvalue weighted by molar-refractivity contribution is -0.137. The lowest BCUT2D eigenvalue weighted by atomic mass is 10.0. The summed E-state index contributed by atoms with van der Waals surface area (Å²) >= 11 is 0. The van der Waals surface area contributed by atoms with Crippen LogP contribution in [-0.4, -0.2) is 68.0 Å². The molecule has 1 aromatic rings. The zero-order valence-electron chi connectivity index (χ0n) is 21.8. The second-order valence-corrected chi connectivity index (χ2v) is 18.0. The molecule has 0 radical (unpaired) electrons. The summed E-state index contributed by atoms with van der Waals surface area (Å²) in [5, 5.41) is -2.24. The lowest BCUT2D eigenvalue weighted by Gasteiger charge is -2.19. The molecule has 43 heavy (non-hydrogen) atoms. The van der Waals surface area contributed by atoms with Crippen molar-refractivity contribution < 1.29 is 69.6 Å². The maximum atomic E-state index is 12.5. The van der Waals surface area contributed by atoms with Gasteiger partial charge in [0.05, 0.1) is 21.0 Å². The van der Waals surface area contributed by atoms with Gasteiger partial charge in [-0.2, -0.15) is 26.3 Å². The first-order valence-corrected chi connectivity index (χ1v) is 18.3. The Kier molecular flexibility index (Phi) is 11.2. The van der Waals surface area contributed by atoms with Crippen molar-refractivity contribution in [2.24, 2.45) is 0 Å². The maximum absolute atomic E-state index is 12.5. The number of halogens is 6. The molecule has 0 heterocycles. The van der Waals surface area contributed by atoms with Gasteiger partial charge in [0, 0.05) is 0 Å². The summed E-state index contributed by atoms with van der Waals surface area (Å²) in [7, 11) is -20.2. The molecule has 0 atom stereocenters. The fraction of sp³-hybridized carbons (Fsp3) is 0.619. The van der Waals surface area contributed by atoms with Crippen LogP contribution >= 0.6 is 0 Å². The number of hydrogen-bond acceptors (Lipinski definition) is 8. The van der Waals surface area contributed by atoms with Gasteiger partial charge in [-0.25, -0.2) is 33.7 Å². The molecule has 0 bridgehead atoms. The largest absolute Gasteiger partial charge is 0.509 e. The van der Waals surface area contributed by atoms with Gasteiger partial charge < -0.3 is 11.1 Å². The quantitative estimate of drug-likeness (QED) is 0.149. The standard InChI is InChI=1S/C13H13F3N2O4S2.C8H11F3N2O4S2/c14-13(15,16)9-5-7-11(8-6-9)24(21,22)12(18-17)23(19,20)10-3-1-2-4-10;9-8(10,11)19(16,17)7(13-12)18(14,15)6-4-2-1-3-5-6/h5-8,10H,1-4H2;6H,1-5H2. The van der Waals surface area contributed by atoms with Crippen molar-refractivity contribution in [3.63, 3.8) is 0 Å². The summed E-state index contributed by atoms with van der Waals surface area (Å²) in [4.78, 5) is 3.65. The minimum atomic E-state index is -6.18. The van der Waals surface area contributed by atoms with Crippen molar-refractivity contribution in [3.8, 4) is 0 Å². The van der Waals surface area contributed by atoms with Gasteiger partial charge in [0.15, 0.2) is 0 Å². The Morgan fingerprint density at radius 2 is 1.00 bits per heavy atom. The van der Waals surface area contributed by atoms with E-state index in [2.05, 4.69) is 4.79 Å². The number of rotatable bonds is 3.